The number of hydrogen-bond acceptors (Lipinski definition) is 4. The molecule has 21 heavy (non-hydrogen) atoms. The largest absolute Gasteiger partial charge is 0.378 e. The summed E-state index contributed by atoms with van der Waals surface area (Å²) in [6, 6.07) is 11.0. The normalized spacial score (nSPS) is 20.2. The molecule has 4 nitrogen and oxygen atoms in total. The van der Waals surface area contributed by atoms with Crippen LogP contribution in [-0.4, -0.2) is 35.6 Å². The molecule has 2 heterocycles. The van der Waals surface area contributed by atoms with Crippen LogP contribution in [0.1, 0.15) is 23.3 Å². The third-order valence-electron chi connectivity index (χ3n) is 3.64. The molecule has 1 saturated heterocycles. The van der Waals surface area contributed by atoms with Gasteiger partial charge in [0.2, 0.25) is 0 Å². The maximum atomic E-state index is 12.4. The summed E-state index contributed by atoms with van der Waals surface area (Å²) in [5.74, 6) is -0.260. The molecular formula is C16H17NO3S. The van der Waals surface area contributed by atoms with E-state index in [0.717, 1.165) is 5.56 Å². The Bertz CT molecular complexity index is 585. The summed E-state index contributed by atoms with van der Waals surface area (Å²) in [7, 11) is 0. The van der Waals surface area contributed by atoms with Gasteiger partial charge >= 0.3 is 0 Å². The summed E-state index contributed by atoms with van der Waals surface area (Å²) in [4.78, 5) is 14.1. The minimum atomic E-state index is -1.10. The van der Waals surface area contributed by atoms with Gasteiger partial charge in [-0.1, -0.05) is 30.3 Å². The lowest BCUT2D eigenvalue weighted by molar-refractivity contribution is -0.148. The summed E-state index contributed by atoms with van der Waals surface area (Å²) in [5.41, 5.74) is 1.72. The second kappa shape index (κ2) is 6.39. The number of rotatable bonds is 3. The van der Waals surface area contributed by atoms with Crippen LogP contribution in [-0.2, 0) is 9.53 Å². The minimum absolute atomic E-state index is 0.100. The van der Waals surface area contributed by atoms with Crippen molar-refractivity contribution < 1.29 is 14.6 Å². The highest BCUT2D eigenvalue weighted by Crippen LogP contribution is 2.26. The topological polar surface area (TPSA) is 49.8 Å². The Labute approximate surface area is 127 Å². The predicted molar refractivity (Wildman–Crippen MR) is 81.0 cm³/mol. The molecule has 2 aromatic rings. The number of hydrogen-bond donors (Lipinski definition) is 1. The fourth-order valence-corrected chi connectivity index (χ4v) is 3.16. The molecule has 110 valence electrons. The zero-order valence-electron chi connectivity index (χ0n) is 11.5. The second-order valence-electron chi connectivity index (χ2n) is 5.01. The van der Waals surface area contributed by atoms with Gasteiger partial charge in [-0.15, -0.1) is 0 Å². The number of aliphatic hydroxyl groups is 1. The fourth-order valence-electron chi connectivity index (χ4n) is 2.46. The summed E-state index contributed by atoms with van der Waals surface area (Å²) in [6.07, 6.45) is -1.20. The minimum Gasteiger partial charge on any atom is -0.378 e. The van der Waals surface area contributed by atoms with Gasteiger partial charge in [0, 0.05) is 6.54 Å². The van der Waals surface area contributed by atoms with Crippen LogP contribution >= 0.6 is 11.3 Å². The maximum absolute atomic E-state index is 12.4. The Morgan fingerprint density at radius 2 is 2.14 bits per heavy atom. The first-order chi connectivity index (χ1) is 10.3. The van der Waals surface area contributed by atoms with E-state index in [1.807, 2.05) is 35.0 Å². The van der Waals surface area contributed by atoms with Crippen molar-refractivity contribution in [1.82, 2.24) is 4.90 Å². The van der Waals surface area contributed by atoms with Crippen LogP contribution < -0.4 is 0 Å². The second-order valence-corrected chi connectivity index (χ2v) is 5.79. The average molecular weight is 303 g/mol. The molecule has 0 aliphatic carbocycles. The average Bonchev–Trinajstić information content (AvgIpc) is 3.09. The molecule has 1 amide bonds. The van der Waals surface area contributed by atoms with Gasteiger partial charge in [0.25, 0.3) is 5.91 Å². The molecule has 1 aliphatic heterocycles. The molecule has 2 atom stereocenters. The van der Waals surface area contributed by atoms with E-state index in [2.05, 4.69) is 0 Å². The lowest BCUT2D eigenvalue weighted by Crippen LogP contribution is -2.44. The van der Waals surface area contributed by atoms with E-state index in [4.69, 9.17) is 4.74 Å². The summed E-state index contributed by atoms with van der Waals surface area (Å²) in [5, 5.41) is 14.3. The van der Waals surface area contributed by atoms with Crippen LogP contribution in [0.5, 0.6) is 0 Å². The number of nitrogens with zero attached hydrogens (tertiary/aromatic N) is 1. The van der Waals surface area contributed by atoms with Crippen molar-refractivity contribution >= 4 is 17.2 Å². The molecule has 1 aromatic carbocycles. The monoisotopic (exact) mass is 303 g/mol. The highest BCUT2D eigenvalue weighted by Gasteiger charge is 2.29. The third kappa shape index (κ3) is 3.15. The van der Waals surface area contributed by atoms with Crippen LogP contribution in [0.15, 0.2) is 47.2 Å². The number of aliphatic hydroxyl groups excluding tert-OH is 1. The maximum Gasteiger partial charge on any atom is 0.256 e. The molecule has 0 radical (unpaired) electrons. The van der Waals surface area contributed by atoms with Crippen molar-refractivity contribution in [2.45, 2.75) is 12.2 Å². The van der Waals surface area contributed by atoms with Crippen LogP contribution in [0.3, 0.4) is 0 Å². The van der Waals surface area contributed by atoms with Gasteiger partial charge in [-0.3, -0.25) is 4.79 Å². The molecular weight excluding hydrogens is 286 g/mol. The van der Waals surface area contributed by atoms with E-state index in [1.165, 1.54) is 0 Å². The molecule has 2 unspecified atom stereocenters. The summed E-state index contributed by atoms with van der Waals surface area (Å²) < 4.78 is 5.72. The van der Waals surface area contributed by atoms with Crippen LogP contribution in [0, 0.1) is 0 Å². The standard InChI is InChI=1S/C16H17NO3S/c18-15(12-4-2-1-3-5-12)16(19)17-7-8-20-14(10-17)13-6-9-21-11-13/h1-6,9,11,14-15,18H,7-8,10H2. The van der Waals surface area contributed by atoms with Gasteiger partial charge in [0.1, 0.15) is 6.10 Å². The molecule has 1 N–H and O–H groups in total. The molecule has 1 aliphatic rings. The van der Waals surface area contributed by atoms with E-state index in [9.17, 15) is 9.90 Å². The zero-order chi connectivity index (χ0) is 14.7. The molecule has 0 bridgehead atoms. The number of ether oxygens (including phenoxy) is 1. The fraction of sp³-hybridized carbons (Fsp3) is 0.312. The summed E-state index contributed by atoms with van der Waals surface area (Å²) >= 11 is 1.61. The van der Waals surface area contributed by atoms with Crippen molar-refractivity contribution in [2.24, 2.45) is 0 Å². The van der Waals surface area contributed by atoms with Gasteiger partial charge in [0.05, 0.1) is 13.2 Å². The van der Waals surface area contributed by atoms with E-state index in [-0.39, 0.29) is 12.0 Å². The molecule has 5 heteroatoms. The number of carbonyl (C=O) groups is 1. The first-order valence-corrected chi connectivity index (χ1v) is 7.85. The predicted octanol–water partition coefficient (Wildman–Crippen LogP) is 2.38. The van der Waals surface area contributed by atoms with Crippen molar-refractivity contribution in [1.29, 1.82) is 0 Å². The van der Waals surface area contributed by atoms with Gasteiger partial charge in [0.15, 0.2) is 6.10 Å². The van der Waals surface area contributed by atoms with Gasteiger partial charge in [-0.25, -0.2) is 0 Å². The highest BCUT2D eigenvalue weighted by atomic mass is 32.1. The zero-order valence-corrected chi connectivity index (χ0v) is 12.3. The first kappa shape index (κ1) is 14.3. The highest BCUT2D eigenvalue weighted by molar-refractivity contribution is 7.07. The van der Waals surface area contributed by atoms with E-state index >= 15 is 0 Å². The van der Waals surface area contributed by atoms with E-state index in [0.29, 0.717) is 25.3 Å². The quantitative estimate of drug-likeness (QED) is 0.947. The lowest BCUT2D eigenvalue weighted by atomic mass is 10.1. The van der Waals surface area contributed by atoms with Crippen LogP contribution in [0.4, 0.5) is 0 Å². The first-order valence-electron chi connectivity index (χ1n) is 6.91. The Kier molecular flexibility index (Phi) is 4.34. The molecule has 1 aromatic heterocycles. The number of benzene rings is 1. The van der Waals surface area contributed by atoms with Crippen molar-refractivity contribution in [3.8, 4) is 0 Å². The van der Waals surface area contributed by atoms with Gasteiger partial charge < -0.3 is 14.7 Å². The third-order valence-corrected chi connectivity index (χ3v) is 4.34. The van der Waals surface area contributed by atoms with Crippen molar-refractivity contribution in [3.63, 3.8) is 0 Å². The van der Waals surface area contributed by atoms with E-state index < -0.39 is 6.10 Å². The molecule has 3 rings (SSSR count). The van der Waals surface area contributed by atoms with Gasteiger partial charge in [-0.05, 0) is 28.0 Å². The Morgan fingerprint density at radius 1 is 1.33 bits per heavy atom. The Balaban J connectivity index is 1.70. The number of amides is 1. The van der Waals surface area contributed by atoms with Crippen molar-refractivity contribution in [2.75, 3.05) is 19.7 Å². The molecule has 0 saturated carbocycles. The van der Waals surface area contributed by atoms with Crippen molar-refractivity contribution in [3.05, 3.63) is 58.3 Å². The summed E-state index contributed by atoms with van der Waals surface area (Å²) in [6.45, 7) is 1.50. The number of carbonyl (C=O) groups excluding carboxylic acids is 1. The van der Waals surface area contributed by atoms with Crippen LogP contribution in [0.25, 0.3) is 0 Å². The Morgan fingerprint density at radius 3 is 2.86 bits per heavy atom. The molecule has 1 fully saturated rings. The van der Waals surface area contributed by atoms with Gasteiger partial charge in [-0.2, -0.15) is 11.3 Å². The molecule has 0 spiro atoms. The van der Waals surface area contributed by atoms with E-state index in [1.54, 1.807) is 28.4 Å². The number of thiophene rings is 1. The SMILES string of the molecule is O=C(C(O)c1ccccc1)N1CCOC(c2ccsc2)C1. The smallest absolute Gasteiger partial charge is 0.256 e. The Hall–Kier alpha value is -1.69. The van der Waals surface area contributed by atoms with Crippen LogP contribution in [0.2, 0.25) is 0 Å². The number of morpholine rings is 1. The lowest BCUT2D eigenvalue weighted by Gasteiger charge is -2.34.